The van der Waals surface area contributed by atoms with Crippen molar-refractivity contribution in [3.8, 4) is 11.5 Å². The standard InChI is InChI=1S/C21H23NO5/c1-4-9-22-14(2)10-17(15(22)3)18(23)12-25-21(24)8-6-16-5-7-19-20(11-16)27-13-26-19/h5-8,10-11H,4,9,12-13H2,1-3H3. The van der Waals surface area contributed by atoms with Gasteiger partial charge in [-0.05, 0) is 50.1 Å². The third kappa shape index (κ3) is 4.22. The van der Waals surface area contributed by atoms with Crippen LogP contribution in [0.1, 0.15) is 40.7 Å². The summed E-state index contributed by atoms with van der Waals surface area (Å²) < 4.78 is 17.7. The molecule has 0 aliphatic carbocycles. The van der Waals surface area contributed by atoms with Crippen molar-refractivity contribution < 1.29 is 23.8 Å². The zero-order valence-electron chi connectivity index (χ0n) is 15.8. The maximum absolute atomic E-state index is 12.4. The first-order valence-corrected chi connectivity index (χ1v) is 8.94. The van der Waals surface area contributed by atoms with Gasteiger partial charge in [-0.1, -0.05) is 13.0 Å². The second-order valence-corrected chi connectivity index (χ2v) is 6.41. The summed E-state index contributed by atoms with van der Waals surface area (Å²) in [7, 11) is 0. The monoisotopic (exact) mass is 369 g/mol. The van der Waals surface area contributed by atoms with Gasteiger partial charge in [0.15, 0.2) is 18.1 Å². The molecule has 0 fully saturated rings. The Kier molecular flexibility index (Phi) is 5.64. The van der Waals surface area contributed by atoms with Crippen LogP contribution in [0.15, 0.2) is 30.3 Å². The minimum atomic E-state index is -0.566. The molecule has 0 N–H and O–H groups in total. The Morgan fingerprint density at radius 2 is 1.96 bits per heavy atom. The van der Waals surface area contributed by atoms with E-state index in [4.69, 9.17) is 14.2 Å². The highest BCUT2D eigenvalue weighted by Gasteiger charge is 2.17. The molecule has 0 amide bonds. The summed E-state index contributed by atoms with van der Waals surface area (Å²) in [5.41, 5.74) is 3.33. The van der Waals surface area contributed by atoms with Crippen LogP contribution in [0.4, 0.5) is 0 Å². The van der Waals surface area contributed by atoms with E-state index < -0.39 is 5.97 Å². The summed E-state index contributed by atoms with van der Waals surface area (Å²) in [5.74, 6) is 0.558. The van der Waals surface area contributed by atoms with Gasteiger partial charge in [-0.2, -0.15) is 0 Å². The van der Waals surface area contributed by atoms with Gasteiger partial charge >= 0.3 is 5.97 Å². The number of hydrogen-bond donors (Lipinski definition) is 0. The Morgan fingerprint density at radius 1 is 1.19 bits per heavy atom. The number of ether oxygens (including phenoxy) is 3. The number of ketones is 1. The number of hydrogen-bond acceptors (Lipinski definition) is 5. The van der Waals surface area contributed by atoms with Crippen LogP contribution in [0.2, 0.25) is 0 Å². The van der Waals surface area contributed by atoms with Crippen molar-refractivity contribution in [2.45, 2.75) is 33.7 Å². The Balaban J connectivity index is 1.57. The second-order valence-electron chi connectivity index (χ2n) is 6.41. The van der Waals surface area contributed by atoms with E-state index in [1.807, 2.05) is 26.0 Å². The molecule has 1 aromatic carbocycles. The number of rotatable bonds is 7. The van der Waals surface area contributed by atoms with E-state index in [1.165, 1.54) is 6.08 Å². The molecule has 2 heterocycles. The van der Waals surface area contributed by atoms with Gasteiger partial charge < -0.3 is 18.8 Å². The molecule has 1 aliphatic heterocycles. The fourth-order valence-corrected chi connectivity index (χ4v) is 3.09. The summed E-state index contributed by atoms with van der Waals surface area (Å²) in [6.45, 7) is 6.76. The molecule has 1 aromatic heterocycles. The van der Waals surface area contributed by atoms with E-state index >= 15 is 0 Å². The predicted molar refractivity (Wildman–Crippen MR) is 101 cm³/mol. The molecule has 27 heavy (non-hydrogen) atoms. The molecule has 0 spiro atoms. The molecule has 0 saturated heterocycles. The highest BCUT2D eigenvalue weighted by atomic mass is 16.7. The van der Waals surface area contributed by atoms with Crippen LogP contribution in [0.25, 0.3) is 6.08 Å². The molecule has 1 aliphatic rings. The lowest BCUT2D eigenvalue weighted by Gasteiger charge is -2.07. The van der Waals surface area contributed by atoms with Crippen molar-refractivity contribution in [1.29, 1.82) is 0 Å². The molecule has 0 radical (unpaired) electrons. The van der Waals surface area contributed by atoms with Crippen molar-refractivity contribution in [3.05, 3.63) is 52.9 Å². The molecule has 0 atom stereocenters. The zero-order chi connectivity index (χ0) is 19.4. The van der Waals surface area contributed by atoms with Crippen LogP contribution in [-0.2, 0) is 16.1 Å². The van der Waals surface area contributed by atoms with E-state index in [9.17, 15) is 9.59 Å². The van der Waals surface area contributed by atoms with Gasteiger partial charge in [-0.15, -0.1) is 0 Å². The Hall–Kier alpha value is -3.02. The second kappa shape index (κ2) is 8.12. The average Bonchev–Trinajstić information content (AvgIpc) is 3.23. The minimum absolute atomic E-state index is 0.199. The van der Waals surface area contributed by atoms with Crippen molar-refractivity contribution >= 4 is 17.8 Å². The number of aromatic nitrogens is 1. The molecule has 142 valence electrons. The van der Waals surface area contributed by atoms with Crippen molar-refractivity contribution in [1.82, 2.24) is 4.57 Å². The Bertz CT molecular complexity index is 894. The fraction of sp³-hybridized carbons (Fsp3) is 0.333. The number of fused-ring (bicyclic) bond motifs is 1. The first-order chi connectivity index (χ1) is 13.0. The Morgan fingerprint density at radius 3 is 2.74 bits per heavy atom. The first kappa shape index (κ1) is 18.8. The topological polar surface area (TPSA) is 66.8 Å². The Labute approximate surface area is 158 Å². The minimum Gasteiger partial charge on any atom is -0.454 e. The van der Waals surface area contributed by atoms with E-state index in [0.29, 0.717) is 17.1 Å². The van der Waals surface area contributed by atoms with Gasteiger partial charge in [0.25, 0.3) is 0 Å². The summed E-state index contributed by atoms with van der Waals surface area (Å²) in [5, 5.41) is 0. The number of esters is 1. The summed E-state index contributed by atoms with van der Waals surface area (Å²) in [4.78, 5) is 24.3. The third-order valence-corrected chi connectivity index (χ3v) is 4.48. The average molecular weight is 369 g/mol. The molecule has 0 saturated carbocycles. The summed E-state index contributed by atoms with van der Waals surface area (Å²) in [6, 6.07) is 7.22. The lowest BCUT2D eigenvalue weighted by atomic mass is 10.1. The highest BCUT2D eigenvalue weighted by molar-refractivity contribution is 6.00. The number of carbonyl (C=O) groups is 2. The molecule has 3 rings (SSSR count). The van der Waals surface area contributed by atoms with Gasteiger partial charge in [0, 0.05) is 29.6 Å². The molecule has 6 nitrogen and oxygen atoms in total. The predicted octanol–water partition coefficient (Wildman–Crippen LogP) is 3.68. The van der Waals surface area contributed by atoms with Crippen molar-refractivity contribution in [3.63, 3.8) is 0 Å². The van der Waals surface area contributed by atoms with Crippen LogP contribution in [0, 0.1) is 13.8 Å². The number of aryl methyl sites for hydroxylation is 1. The number of nitrogens with zero attached hydrogens (tertiary/aromatic N) is 1. The van der Waals surface area contributed by atoms with Crippen LogP contribution in [0.3, 0.4) is 0 Å². The largest absolute Gasteiger partial charge is 0.454 e. The van der Waals surface area contributed by atoms with E-state index in [1.54, 1.807) is 18.2 Å². The fourth-order valence-electron chi connectivity index (χ4n) is 3.09. The summed E-state index contributed by atoms with van der Waals surface area (Å²) >= 11 is 0. The number of carbonyl (C=O) groups excluding carboxylic acids is 2. The van der Waals surface area contributed by atoms with Gasteiger partial charge in [-0.25, -0.2) is 4.79 Å². The molecular formula is C21H23NO5. The van der Waals surface area contributed by atoms with Gasteiger partial charge in [0.2, 0.25) is 12.6 Å². The number of benzene rings is 1. The van der Waals surface area contributed by atoms with Crippen molar-refractivity contribution in [2.75, 3.05) is 13.4 Å². The maximum Gasteiger partial charge on any atom is 0.331 e. The van der Waals surface area contributed by atoms with Crippen LogP contribution in [0.5, 0.6) is 11.5 Å². The van der Waals surface area contributed by atoms with E-state index in [2.05, 4.69) is 11.5 Å². The lowest BCUT2D eigenvalue weighted by Crippen LogP contribution is -2.13. The van der Waals surface area contributed by atoms with E-state index in [0.717, 1.165) is 29.9 Å². The molecule has 6 heteroatoms. The zero-order valence-corrected chi connectivity index (χ0v) is 15.8. The van der Waals surface area contributed by atoms with Gasteiger partial charge in [-0.3, -0.25) is 4.79 Å². The molecule has 2 aromatic rings. The normalized spacial score (nSPS) is 12.6. The SMILES string of the molecule is CCCn1c(C)cc(C(=O)COC(=O)C=Cc2ccc3c(c2)OCO3)c1C. The first-order valence-electron chi connectivity index (χ1n) is 8.94. The summed E-state index contributed by atoms with van der Waals surface area (Å²) in [6.07, 6.45) is 3.90. The highest BCUT2D eigenvalue weighted by Crippen LogP contribution is 2.32. The number of Topliss-reactive ketones (excluding diaryl/α,β-unsaturated/α-hetero) is 1. The molecule has 0 unspecified atom stereocenters. The third-order valence-electron chi connectivity index (χ3n) is 4.48. The quantitative estimate of drug-likeness (QED) is 0.423. The smallest absolute Gasteiger partial charge is 0.331 e. The maximum atomic E-state index is 12.4. The van der Waals surface area contributed by atoms with Crippen LogP contribution in [-0.4, -0.2) is 29.7 Å². The van der Waals surface area contributed by atoms with Crippen LogP contribution >= 0.6 is 0 Å². The van der Waals surface area contributed by atoms with Crippen LogP contribution < -0.4 is 9.47 Å². The molecule has 0 bridgehead atoms. The van der Waals surface area contributed by atoms with E-state index in [-0.39, 0.29) is 19.2 Å². The van der Waals surface area contributed by atoms with Gasteiger partial charge in [0.05, 0.1) is 0 Å². The van der Waals surface area contributed by atoms with Gasteiger partial charge in [0.1, 0.15) is 0 Å². The molecular weight excluding hydrogens is 346 g/mol. The lowest BCUT2D eigenvalue weighted by molar-refractivity contribution is -0.136. The van der Waals surface area contributed by atoms with Crippen molar-refractivity contribution in [2.24, 2.45) is 0 Å².